The Balaban J connectivity index is 1.54. The van der Waals surface area contributed by atoms with E-state index in [1.165, 1.54) is 0 Å². The molecule has 1 saturated heterocycles. The lowest BCUT2D eigenvalue weighted by Crippen LogP contribution is -2.36. The van der Waals surface area contributed by atoms with E-state index in [4.69, 9.17) is 30.5 Å². The fourth-order valence-corrected chi connectivity index (χ4v) is 4.21. The molecule has 5 rings (SSSR count). The molecule has 0 bridgehead atoms. The van der Waals surface area contributed by atoms with Crippen LogP contribution in [0.5, 0.6) is 11.5 Å². The predicted molar refractivity (Wildman–Crippen MR) is 113 cm³/mol. The van der Waals surface area contributed by atoms with Crippen LogP contribution in [0.25, 0.3) is 22.6 Å². The van der Waals surface area contributed by atoms with Crippen molar-refractivity contribution in [3.8, 4) is 34.1 Å². The molecule has 1 aromatic heterocycles. The number of fused-ring (bicyclic) bond motifs is 1. The number of ether oxygens (including phenoxy) is 2. The largest absolute Gasteiger partial charge is 0.454 e. The maximum atomic E-state index is 11.6. The molecule has 0 aliphatic carbocycles. The first-order valence-corrected chi connectivity index (χ1v) is 10.4. The molecule has 2 aliphatic heterocycles. The highest BCUT2D eigenvalue weighted by molar-refractivity contribution is 6.30. The first-order valence-electron chi connectivity index (χ1n) is 10.0. The SMILES string of the molecule is CC(=O)N1CCC(c2nc(-c3ccc4c(c3)OCO4)c(-c3cccc(Cl)c3)o2)CC1. The van der Waals surface area contributed by atoms with Crippen molar-refractivity contribution < 1.29 is 18.7 Å². The molecule has 3 heterocycles. The Morgan fingerprint density at radius 1 is 1.07 bits per heavy atom. The minimum Gasteiger partial charge on any atom is -0.454 e. The minimum absolute atomic E-state index is 0.113. The van der Waals surface area contributed by atoms with Crippen LogP contribution in [0.4, 0.5) is 0 Å². The molecular formula is C23H21ClN2O4. The lowest BCUT2D eigenvalue weighted by atomic mass is 9.97. The van der Waals surface area contributed by atoms with Gasteiger partial charge in [-0.3, -0.25) is 4.79 Å². The third-order valence-electron chi connectivity index (χ3n) is 5.67. The van der Waals surface area contributed by atoms with Crippen molar-refractivity contribution in [2.75, 3.05) is 19.9 Å². The molecule has 0 saturated carbocycles. The lowest BCUT2D eigenvalue weighted by Gasteiger charge is -2.29. The maximum absolute atomic E-state index is 11.6. The third kappa shape index (κ3) is 3.52. The monoisotopic (exact) mass is 424 g/mol. The van der Waals surface area contributed by atoms with Crippen LogP contribution < -0.4 is 9.47 Å². The zero-order valence-electron chi connectivity index (χ0n) is 16.6. The highest BCUT2D eigenvalue weighted by Crippen LogP contribution is 2.41. The van der Waals surface area contributed by atoms with Gasteiger partial charge in [-0.1, -0.05) is 23.7 Å². The highest BCUT2D eigenvalue weighted by atomic mass is 35.5. The normalized spacial score (nSPS) is 16.1. The van der Waals surface area contributed by atoms with E-state index in [1.807, 2.05) is 47.4 Å². The van der Waals surface area contributed by atoms with Crippen molar-refractivity contribution in [1.82, 2.24) is 9.88 Å². The zero-order chi connectivity index (χ0) is 20.7. The van der Waals surface area contributed by atoms with Gasteiger partial charge in [-0.05, 0) is 43.2 Å². The van der Waals surface area contributed by atoms with Gasteiger partial charge in [-0.25, -0.2) is 4.98 Å². The smallest absolute Gasteiger partial charge is 0.231 e. The number of hydrogen-bond donors (Lipinski definition) is 0. The Labute approximate surface area is 179 Å². The maximum Gasteiger partial charge on any atom is 0.231 e. The summed E-state index contributed by atoms with van der Waals surface area (Å²) in [6.45, 7) is 3.27. The van der Waals surface area contributed by atoms with Crippen molar-refractivity contribution in [2.45, 2.75) is 25.7 Å². The number of likely N-dealkylation sites (tertiary alicyclic amines) is 1. The summed E-state index contributed by atoms with van der Waals surface area (Å²) in [5, 5.41) is 0.636. The summed E-state index contributed by atoms with van der Waals surface area (Å²) < 4.78 is 17.3. The Kier molecular flexibility index (Phi) is 4.87. The molecular weight excluding hydrogens is 404 g/mol. The van der Waals surface area contributed by atoms with Crippen molar-refractivity contribution in [1.29, 1.82) is 0 Å². The van der Waals surface area contributed by atoms with Crippen LogP contribution in [0.2, 0.25) is 5.02 Å². The number of piperidine rings is 1. The van der Waals surface area contributed by atoms with E-state index in [0.29, 0.717) is 35.5 Å². The van der Waals surface area contributed by atoms with Gasteiger partial charge in [0, 0.05) is 42.1 Å². The van der Waals surface area contributed by atoms with Gasteiger partial charge in [0.1, 0.15) is 5.69 Å². The summed E-state index contributed by atoms with van der Waals surface area (Å²) in [5.74, 6) is 3.08. The van der Waals surface area contributed by atoms with Crippen molar-refractivity contribution in [2.24, 2.45) is 0 Å². The van der Waals surface area contributed by atoms with E-state index in [-0.39, 0.29) is 18.6 Å². The number of carbonyl (C=O) groups is 1. The summed E-state index contributed by atoms with van der Waals surface area (Å²) in [6.07, 6.45) is 1.66. The van der Waals surface area contributed by atoms with E-state index in [1.54, 1.807) is 6.92 Å². The third-order valence-corrected chi connectivity index (χ3v) is 5.90. The van der Waals surface area contributed by atoms with Gasteiger partial charge in [0.15, 0.2) is 23.1 Å². The van der Waals surface area contributed by atoms with Gasteiger partial charge in [0.25, 0.3) is 0 Å². The summed E-state index contributed by atoms with van der Waals surface area (Å²) in [7, 11) is 0. The Morgan fingerprint density at radius 2 is 1.87 bits per heavy atom. The zero-order valence-corrected chi connectivity index (χ0v) is 17.3. The van der Waals surface area contributed by atoms with Gasteiger partial charge < -0.3 is 18.8 Å². The molecule has 6 nitrogen and oxygen atoms in total. The molecule has 30 heavy (non-hydrogen) atoms. The topological polar surface area (TPSA) is 64.8 Å². The average molecular weight is 425 g/mol. The van der Waals surface area contributed by atoms with Crippen LogP contribution in [-0.4, -0.2) is 35.7 Å². The summed E-state index contributed by atoms with van der Waals surface area (Å²) in [6, 6.07) is 13.3. The van der Waals surface area contributed by atoms with Crippen LogP contribution in [0.3, 0.4) is 0 Å². The summed E-state index contributed by atoms with van der Waals surface area (Å²) in [5.41, 5.74) is 2.51. The van der Waals surface area contributed by atoms with Crippen molar-refractivity contribution in [3.63, 3.8) is 0 Å². The van der Waals surface area contributed by atoms with Crippen molar-refractivity contribution in [3.05, 3.63) is 53.4 Å². The molecule has 3 aromatic rings. The van der Waals surface area contributed by atoms with E-state index in [9.17, 15) is 4.79 Å². The molecule has 2 aromatic carbocycles. The van der Waals surface area contributed by atoms with Gasteiger partial charge in [-0.15, -0.1) is 0 Å². The van der Waals surface area contributed by atoms with E-state index in [2.05, 4.69) is 0 Å². The molecule has 2 aliphatic rings. The standard InChI is InChI=1S/C23H21ClN2O4/c1-14(27)26-9-7-15(8-10-26)23-25-21(16-5-6-19-20(12-16)29-13-28-19)22(30-23)17-3-2-4-18(24)11-17/h2-6,11-12,15H,7-10,13H2,1H3. The Hall–Kier alpha value is -2.99. The Bertz CT molecular complexity index is 1100. The fraction of sp³-hybridized carbons (Fsp3) is 0.304. The number of halogens is 1. The van der Waals surface area contributed by atoms with Crippen LogP contribution >= 0.6 is 11.6 Å². The average Bonchev–Trinajstić information content (AvgIpc) is 3.40. The van der Waals surface area contributed by atoms with Crippen LogP contribution in [0.1, 0.15) is 31.6 Å². The number of hydrogen-bond acceptors (Lipinski definition) is 5. The van der Waals surface area contributed by atoms with Gasteiger partial charge in [0.05, 0.1) is 0 Å². The van der Waals surface area contributed by atoms with E-state index >= 15 is 0 Å². The molecule has 0 N–H and O–H groups in total. The summed E-state index contributed by atoms with van der Waals surface area (Å²) >= 11 is 6.23. The Morgan fingerprint density at radius 3 is 2.63 bits per heavy atom. The number of rotatable bonds is 3. The quantitative estimate of drug-likeness (QED) is 0.584. The summed E-state index contributed by atoms with van der Waals surface area (Å²) in [4.78, 5) is 18.4. The molecule has 0 spiro atoms. The lowest BCUT2D eigenvalue weighted by molar-refractivity contribution is -0.129. The van der Waals surface area contributed by atoms with Crippen LogP contribution in [0, 0.1) is 0 Å². The first kappa shape index (κ1) is 19.0. The second-order valence-corrected chi connectivity index (χ2v) is 8.02. The van der Waals surface area contributed by atoms with Crippen molar-refractivity contribution >= 4 is 17.5 Å². The van der Waals surface area contributed by atoms with E-state index in [0.717, 1.165) is 35.4 Å². The molecule has 1 fully saturated rings. The second-order valence-electron chi connectivity index (χ2n) is 7.59. The molecule has 1 amide bonds. The molecule has 7 heteroatoms. The van der Waals surface area contributed by atoms with Gasteiger partial charge in [-0.2, -0.15) is 0 Å². The van der Waals surface area contributed by atoms with Crippen LogP contribution in [-0.2, 0) is 4.79 Å². The van der Waals surface area contributed by atoms with Gasteiger partial charge in [0.2, 0.25) is 12.7 Å². The highest BCUT2D eigenvalue weighted by Gasteiger charge is 2.28. The predicted octanol–water partition coefficient (Wildman–Crippen LogP) is 5.12. The number of carbonyl (C=O) groups excluding carboxylic acids is 1. The number of benzene rings is 2. The first-order chi connectivity index (χ1) is 14.6. The molecule has 154 valence electrons. The number of aromatic nitrogens is 1. The fourth-order valence-electron chi connectivity index (χ4n) is 4.02. The minimum atomic E-state index is 0.113. The number of amides is 1. The molecule has 0 atom stereocenters. The molecule has 0 unspecified atom stereocenters. The number of oxazole rings is 1. The van der Waals surface area contributed by atoms with Crippen LogP contribution in [0.15, 0.2) is 46.9 Å². The second kappa shape index (κ2) is 7.69. The van der Waals surface area contributed by atoms with Gasteiger partial charge >= 0.3 is 0 Å². The molecule has 0 radical (unpaired) electrons. The van der Waals surface area contributed by atoms with E-state index < -0.39 is 0 Å². The number of nitrogens with zero attached hydrogens (tertiary/aromatic N) is 2.